The third-order valence-corrected chi connectivity index (χ3v) is 4.10. The summed E-state index contributed by atoms with van der Waals surface area (Å²) in [4.78, 5) is 16.7. The predicted octanol–water partition coefficient (Wildman–Crippen LogP) is 1.93. The van der Waals surface area contributed by atoms with Crippen LogP contribution in [0.3, 0.4) is 0 Å². The summed E-state index contributed by atoms with van der Waals surface area (Å²) in [5, 5.41) is 9.54. The van der Waals surface area contributed by atoms with Gasteiger partial charge in [-0.1, -0.05) is 43.2 Å². The SMILES string of the molecule is O=C(NCc1ncn[nH]1)C1(c2ccccc2)CCCC1. The molecule has 0 atom stereocenters. The Labute approximate surface area is 117 Å². The molecule has 1 amide bonds. The van der Waals surface area contributed by atoms with Crippen LogP contribution in [0, 0.1) is 0 Å². The Hall–Kier alpha value is -2.17. The van der Waals surface area contributed by atoms with E-state index >= 15 is 0 Å². The van der Waals surface area contributed by atoms with E-state index in [1.165, 1.54) is 6.33 Å². The minimum Gasteiger partial charge on any atom is -0.348 e. The van der Waals surface area contributed by atoms with Gasteiger partial charge in [-0.15, -0.1) is 0 Å². The first-order valence-corrected chi connectivity index (χ1v) is 6.99. The molecule has 20 heavy (non-hydrogen) atoms. The van der Waals surface area contributed by atoms with E-state index in [1.54, 1.807) is 0 Å². The first-order chi connectivity index (χ1) is 9.81. The lowest BCUT2D eigenvalue weighted by atomic mass is 9.78. The van der Waals surface area contributed by atoms with Gasteiger partial charge in [-0.05, 0) is 18.4 Å². The molecule has 5 nitrogen and oxygen atoms in total. The van der Waals surface area contributed by atoms with Crippen LogP contribution in [0.2, 0.25) is 0 Å². The average molecular weight is 270 g/mol. The third-order valence-electron chi connectivity index (χ3n) is 4.10. The Bertz CT molecular complexity index is 559. The van der Waals surface area contributed by atoms with E-state index in [2.05, 4.69) is 32.6 Å². The number of nitrogens with zero attached hydrogens (tertiary/aromatic N) is 2. The summed E-state index contributed by atoms with van der Waals surface area (Å²) in [7, 11) is 0. The van der Waals surface area contributed by atoms with Gasteiger partial charge in [0.25, 0.3) is 0 Å². The molecular formula is C15H18N4O. The van der Waals surface area contributed by atoms with E-state index in [1.807, 2.05) is 18.2 Å². The number of aromatic amines is 1. The van der Waals surface area contributed by atoms with Gasteiger partial charge in [0.05, 0.1) is 12.0 Å². The van der Waals surface area contributed by atoms with Crippen molar-refractivity contribution >= 4 is 5.91 Å². The number of aromatic nitrogens is 3. The number of amides is 1. The van der Waals surface area contributed by atoms with Gasteiger partial charge in [0.1, 0.15) is 12.2 Å². The molecule has 0 spiro atoms. The Balaban J connectivity index is 1.78. The zero-order valence-electron chi connectivity index (χ0n) is 11.3. The fourth-order valence-corrected chi connectivity index (χ4v) is 3.03. The van der Waals surface area contributed by atoms with Crippen LogP contribution in [0.25, 0.3) is 0 Å². The Morgan fingerprint density at radius 2 is 2.00 bits per heavy atom. The van der Waals surface area contributed by atoms with Gasteiger partial charge in [-0.2, -0.15) is 5.10 Å². The fraction of sp³-hybridized carbons (Fsp3) is 0.400. The zero-order valence-corrected chi connectivity index (χ0v) is 11.3. The highest BCUT2D eigenvalue weighted by Crippen LogP contribution is 2.41. The van der Waals surface area contributed by atoms with E-state index in [0.29, 0.717) is 12.4 Å². The molecule has 1 fully saturated rings. The number of nitrogens with one attached hydrogen (secondary N) is 2. The van der Waals surface area contributed by atoms with Crippen molar-refractivity contribution in [1.29, 1.82) is 0 Å². The summed E-state index contributed by atoms with van der Waals surface area (Å²) in [6.45, 7) is 0.396. The molecule has 1 aliphatic carbocycles. The van der Waals surface area contributed by atoms with E-state index in [0.717, 1.165) is 31.2 Å². The van der Waals surface area contributed by atoms with Gasteiger partial charge < -0.3 is 5.32 Å². The number of carbonyl (C=O) groups excluding carboxylic acids is 1. The third kappa shape index (κ3) is 2.31. The summed E-state index contributed by atoms with van der Waals surface area (Å²) in [5.41, 5.74) is 0.744. The standard InChI is InChI=1S/C15H18N4O/c20-14(16-10-13-17-11-18-19-13)15(8-4-5-9-15)12-6-2-1-3-7-12/h1-3,6-7,11H,4-5,8-10H2,(H,16,20)(H,17,18,19). The number of hydrogen-bond acceptors (Lipinski definition) is 3. The number of benzene rings is 1. The van der Waals surface area contributed by atoms with Crippen molar-refractivity contribution in [3.05, 3.63) is 48.0 Å². The van der Waals surface area contributed by atoms with Gasteiger partial charge >= 0.3 is 0 Å². The molecule has 2 aromatic rings. The molecular weight excluding hydrogens is 252 g/mol. The Morgan fingerprint density at radius 1 is 1.25 bits per heavy atom. The number of H-pyrrole nitrogens is 1. The summed E-state index contributed by atoms with van der Waals surface area (Å²) in [6.07, 6.45) is 5.48. The van der Waals surface area contributed by atoms with E-state index in [4.69, 9.17) is 0 Å². The smallest absolute Gasteiger partial charge is 0.231 e. The minimum absolute atomic E-state index is 0.0950. The maximum atomic E-state index is 12.7. The molecule has 5 heteroatoms. The maximum Gasteiger partial charge on any atom is 0.231 e. The van der Waals surface area contributed by atoms with Gasteiger partial charge in [0.2, 0.25) is 5.91 Å². The lowest BCUT2D eigenvalue weighted by Crippen LogP contribution is -2.42. The van der Waals surface area contributed by atoms with Crippen LogP contribution in [0.1, 0.15) is 37.1 Å². The molecule has 104 valence electrons. The Kier molecular flexibility index (Phi) is 3.50. The average Bonchev–Trinajstić information content (AvgIpc) is 3.18. The second-order valence-electron chi connectivity index (χ2n) is 5.27. The van der Waals surface area contributed by atoms with Crippen molar-refractivity contribution in [2.24, 2.45) is 0 Å². The molecule has 1 heterocycles. The van der Waals surface area contributed by atoms with Gasteiger partial charge in [0, 0.05) is 0 Å². The molecule has 1 saturated carbocycles. The van der Waals surface area contributed by atoms with Crippen molar-refractivity contribution in [3.63, 3.8) is 0 Å². The largest absolute Gasteiger partial charge is 0.348 e. The minimum atomic E-state index is -0.374. The lowest BCUT2D eigenvalue weighted by Gasteiger charge is -2.28. The molecule has 1 aromatic carbocycles. The molecule has 0 aliphatic heterocycles. The molecule has 1 aliphatic rings. The molecule has 0 unspecified atom stereocenters. The first kappa shape index (κ1) is 12.8. The van der Waals surface area contributed by atoms with Crippen LogP contribution < -0.4 is 5.32 Å². The molecule has 0 saturated heterocycles. The van der Waals surface area contributed by atoms with Gasteiger partial charge in [0.15, 0.2) is 0 Å². The maximum absolute atomic E-state index is 12.7. The highest BCUT2D eigenvalue weighted by Gasteiger charge is 2.42. The van der Waals surface area contributed by atoms with Crippen molar-refractivity contribution in [3.8, 4) is 0 Å². The summed E-state index contributed by atoms with van der Waals surface area (Å²) in [6, 6.07) is 10.1. The topological polar surface area (TPSA) is 70.7 Å². The molecule has 0 radical (unpaired) electrons. The molecule has 3 rings (SSSR count). The van der Waals surface area contributed by atoms with E-state index in [-0.39, 0.29) is 11.3 Å². The van der Waals surface area contributed by atoms with Crippen molar-refractivity contribution in [2.45, 2.75) is 37.6 Å². The second kappa shape index (κ2) is 5.45. The van der Waals surface area contributed by atoms with Crippen LogP contribution >= 0.6 is 0 Å². The fourth-order valence-electron chi connectivity index (χ4n) is 3.03. The van der Waals surface area contributed by atoms with Crippen LogP contribution in [-0.2, 0) is 16.8 Å². The normalized spacial score (nSPS) is 17.0. The Morgan fingerprint density at radius 3 is 2.65 bits per heavy atom. The second-order valence-corrected chi connectivity index (χ2v) is 5.27. The number of rotatable bonds is 4. The summed E-state index contributed by atoms with van der Waals surface area (Å²) in [5.74, 6) is 0.775. The number of carbonyl (C=O) groups is 1. The summed E-state index contributed by atoms with van der Waals surface area (Å²) < 4.78 is 0. The van der Waals surface area contributed by atoms with E-state index < -0.39 is 0 Å². The van der Waals surface area contributed by atoms with E-state index in [9.17, 15) is 4.79 Å². The molecule has 2 N–H and O–H groups in total. The van der Waals surface area contributed by atoms with Crippen molar-refractivity contribution in [2.75, 3.05) is 0 Å². The molecule has 0 bridgehead atoms. The van der Waals surface area contributed by atoms with Crippen LogP contribution in [0.5, 0.6) is 0 Å². The summed E-state index contributed by atoms with van der Waals surface area (Å²) >= 11 is 0. The lowest BCUT2D eigenvalue weighted by molar-refractivity contribution is -0.126. The zero-order chi connectivity index (χ0) is 13.8. The highest BCUT2D eigenvalue weighted by atomic mass is 16.2. The predicted molar refractivity (Wildman–Crippen MR) is 74.8 cm³/mol. The first-order valence-electron chi connectivity index (χ1n) is 6.99. The quantitative estimate of drug-likeness (QED) is 0.891. The van der Waals surface area contributed by atoms with Crippen LogP contribution in [0.4, 0.5) is 0 Å². The van der Waals surface area contributed by atoms with Gasteiger partial charge in [-0.25, -0.2) is 4.98 Å². The van der Waals surface area contributed by atoms with Gasteiger partial charge in [-0.3, -0.25) is 9.89 Å². The van der Waals surface area contributed by atoms with Crippen molar-refractivity contribution < 1.29 is 4.79 Å². The highest BCUT2D eigenvalue weighted by molar-refractivity contribution is 5.88. The van der Waals surface area contributed by atoms with Crippen LogP contribution in [0.15, 0.2) is 36.7 Å². The van der Waals surface area contributed by atoms with Crippen LogP contribution in [-0.4, -0.2) is 21.1 Å². The monoisotopic (exact) mass is 270 g/mol. The number of hydrogen-bond donors (Lipinski definition) is 2. The van der Waals surface area contributed by atoms with Crippen molar-refractivity contribution in [1.82, 2.24) is 20.5 Å². The molecule has 1 aromatic heterocycles.